The Hall–Kier alpha value is -3.54. The zero-order valence-corrected chi connectivity index (χ0v) is 16.3. The molecule has 0 amide bonds. The Balaban J connectivity index is 1.87. The highest BCUT2D eigenvalue weighted by molar-refractivity contribution is 6.30. The highest BCUT2D eigenvalue weighted by atomic mass is 35.5. The Labute approximate surface area is 180 Å². The van der Waals surface area contributed by atoms with E-state index < -0.39 is 41.0 Å². The lowest BCUT2D eigenvalue weighted by Crippen LogP contribution is -2.19. The number of alkyl halides is 6. The Bertz CT molecular complexity index is 1150. The molecule has 1 aromatic heterocycles. The van der Waals surface area contributed by atoms with Crippen LogP contribution in [0, 0.1) is 0 Å². The van der Waals surface area contributed by atoms with Crippen molar-refractivity contribution in [2.75, 3.05) is 0 Å². The zero-order valence-electron chi connectivity index (χ0n) is 15.6. The Morgan fingerprint density at radius 2 is 1.56 bits per heavy atom. The summed E-state index contributed by atoms with van der Waals surface area (Å²) in [6, 6.07) is 8.58. The molecule has 2 aromatic carbocycles. The van der Waals surface area contributed by atoms with Crippen LogP contribution >= 0.6 is 11.6 Å². The van der Waals surface area contributed by atoms with Crippen molar-refractivity contribution < 1.29 is 36.0 Å². The summed E-state index contributed by atoms with van der Waals surface area (Å²) in [4.78, 5) is 16.7. The molecule has 0 atom stereocenters. The summed E-state index contributed by atoms with van der Waals surface area (Å²) in [5, 5.41) is 7.09. The van der Waals surface area contributed by atoms with Crippen LogP contribution in [0.3, 0.4) is 0 Å². The molecular formula is C19H11ClF6N4O2. The first-order chi connectivity index (χ1) is 14.9. The summed E-state index contributed by atoms with van der Waals surface area (Å²) in [7, 11) is 0. The molecule has 0 aliphatic carbocycles. The van der Waals surface area contributed by atoms with E-state index in [1.54, 1.807) is 0 Å². The number of carbonyl (C=O) groups is 1. The first-order valence-corrected chi connectivity index (χ1v) is 8.89. The van der Waals surface area contributed by atoms with Gasteiger partial charge in [0.25, 0.3) is 0 Å². The van der Waals surface area contributed by atoms with Gasteiger partial charge < -0.3 is 10.6 Å². The van der Waals surface area contributed by atoms with E-state index in [2.05, 4.69) is 15.1 Å². The van der Waals surface area contributed by atoms with Gasteiger partial charge in [-0.25, -0.2) is 9.48 Å². The number of hydrogen-bond acceptors (Lipinski definition) is 4. The molecule has 3 aromatic rings. The number of halogens is 7. The maximum absolute atomic E-state index is 13.6. The smallest absolute Gasteiger partial charge is 0.380 e. The van der Waals surface area contributed by atoms with E-state index in [1.807, 2.05) is 0 Å². The van der Waals surface area contributed by atoms with E-state index in [9.17, 15) is 31.1 Å². The van der Waals surface area contributed by atoms with Crippen LogP contribution in [0.15, 0.2) is 59.9 Å². The molecule has 0 unspecified atom stereocenters. The molecule has 0 bridgehead atoms. The average Bonchev–Trinajstić information content (AvgIpc) is 3.17. The fourth-order valence-electron chi connectivity index (χ4n) is 2.57. The standard InChI is InChI=1S/C19H11ClF6N4O2/c20-12-5-7-13(8-6-12)30-15(19(24,25)26)14(9-28-30)17(31)32-29-16(27)10-1-3-11(4-2-10)18(21,22)23/h1-9H,(H2,27,29). The van der Waals surface area contributed by atoms with E-state index in [1.165, 1.54) is 24.3 Å². The van der Waals surface area contributed by atoms with Crippen LogP contribution in [0.2, 0.25) is 5.02 Å². The van der Waals surface area contributed by atoms with Gasteiger partial charge in [-0.3, -0.25) is 0 Å². The average molecular weight is 477 g/mol. The highest BCUT2D eigenvalue weighted by Crippen LogP contribution is 2.34. The van der Waals surface area contributed by atoms with Gasteiger partial charge in [-0.2, -0.15) is 31.4 Å². The minimum atomic E-state index is -4.99. The fourth-order valence-corrected chi connectivity index (χ4v) is 2.70. The number of rotatable bonds is 4. The molecule has 1 heterocycles. The van der Waals surface area contributed by atoms with E-state index in [-0.39, 0.29) is 16.3 Å². The molecule has 0 radical (unpaired) electrons. The Morgan fingerprint density at radius 3 is 2.09 bits per heavy atom. The zero-order chi connectivity index (χ0) is 23.7. The second-order valence-corrected chi connectivity index (χ2v) is 6.66. The molecule has 0 saturated heterocycles. The normalized spacial score (nSPS) is 12.7. The lowest BCUT2D eigenvalue weighted by Gasteiger charge is -2.12. The molecule has 0 aliphatic heterocycles. The molecule has 13 heteroatoms. The third kappa shape index (κ3) is 5.02. The van der Waals surface area contributed by atoms with Gasteiger partial charge in [0, 0.05) is 10.6 Å². The topological polar surface area (TPSA) is 82.5 Å². The molecular weight excluding hydrogens is 466 g/mol. The van der Waals surface area contributed by atoms with Crippen molar-refractivity contribution in [2.45, 2.75) is 12.4 Å². The quantitative estimate of drug-likeness (QED) is 0.188. The number of oxime groups is 1. The summed E-state index contributed by atoms with van der Waals surface area (Å²) < 4.78 is 79.1. The van der Waals surface area contributed by atoms with Crippen LogP contribution in [-0.2, 0) is 17.2 Å². The van der Waals surface area contributed by atoms with E-state index >= 15 is 0 Å². The van der Waals surface area contributed by atoms with Crippen molar-refractivity contribution in [3.8, 4) is 5.69 Å². The molecule has 2 N–H and O–H groups in total. The molecule has 6 nitrogen and oxygen atoms in total. The number of hydrogen-bond donors (Lipinski definition) is 1. The first-order valence-electron chi connectivity index (χ1n) is 8.51. The predicted octanol–water partition coefficient (Wildman–Crippen LogP) is 5.04. The van der Waals surface area contributed by atoms with Crippen LogP contribution < -0.4 is 5.73 Å². The minimum absolute atomic E-state index is 0.0199. The molecule has 32 heavy (non-hydrogen) atoms. The molecule has 168 valence electrons. The van der Waals surface area contributed by atoms with Gasteiger partial charge in [0.05, 0.1) is 17.4 Å². The number of benzene rings is 2. The van der Waals surface area contributed by atoms with Crippen LogP contribution in [0.25, 0.3) is 5.69 Å². The van der Waals surface area contributed by atoms with Gasteiger partial charge in [0.2, 0.25) is 0 Å². The summed E-state index contributed by atoms with van der Waals surface area (Å²) in [5.74, 6) is -2.04. The molecule has 0 fully saturated rings. The lowest BCUT2D eigenvalue weighted by molar-refractivity contribution is -0.143. The largest absolute Gasteiger partial charge is 0.434 e. The van der Waals surface area contributed by atoms with Crippen molar-refractivity contribution in [2.24, 2.45) is 10.9 Å². The summed E-state index contributed by atoms with van der Waals surface area (Å²) in [5.41, 5.74) is 2.17. The van der Waals surface area contributed by atoms with Gasteiger partial charge in [0.15, 0.2) is 11.5 Å². The number of amidine groups is 1. The number of aromatic nitrogens is 2. The summed E-state index contributed by atoms with van der Waals surface area (Å²) in [6.45, 7) is 0. The highest BCUT2D eigenvalue weighted by Gasteiger charge is 2.41. The number of carbonyl (C=O) groups excluding carboxylic acids is 1. The van der Waals surface area contributed by atoms with Crippen molar-refractivity contribution in [1.29, 1.82) is 0 Å². The monoisotopic (exact) mass is 476 g/mol. The van der Waals surface area contributed by atoms with E-state index in [0.717, 1.165) is 24.3 Å². The number of nitrogens with zero attached hydrogens (tertiary/aromatic N) is 3. The maximum Gasteiger partial charge on any atom is 0.434 e. The van der Waals surface area contributed by atoms with Crippen LogP contribution in [-0.4, -0.2) is 21.6 Å². The first kappa shape index (κ1) is 23.1. The van der Waals surface area contributed by atoms with Crippen LogP contribution in [0.1, 0.15) is 27.2 Å². The third-order valence-electron chi connectivity index (χ3n) is 4.06. The van der Waals surface area contributed by atoms with E-state index in [0.29, 0.717) is 10.9 Å². The molecule has 0 spiro atoms. The Kier molecular flexibility index (Phi) is 6.17. The lowest BCUT2D eigenvalue weighted by atomic mass is 10.1. The van der Waals surface area contributed by atoms with Gasteiger partial charge in [-0.1, -0.05) is 28.9 Å². The van der Waals surface area contributed by atoms with Crippen LogP contribution in [0.5, 0.6) is 0 Å². The van der Waals surface area contributed by atoms with Crippen molar-refractivity contribution in [1.82, 2.24) is 9.78 Å². The molecule has 0 saturated carbocycles. The maximum atomic E-state index is 13.6. The third-order valence-corrected chi connectivity index (χ3v) is 4.32. The minimum Gasteiger partial charge on any atom is -0.380 e. The van der Waals surface area contributed by atoms with Crippen molar-refractivity contribution in [3.63, 3.8) is 0 Å². The van der Waals surface area contributed by atoms with Gasteiger partial charge in [-0.15, -0.1) is 0 Å². The van der Waals surface area contributed by atoms with Gasteiger partial charge >= 0.3 is 18.3 Å². The van der Waals surface area contributed by atoms with E-state index in [4.69, 9.17) is 17.3 Å². The second kappa shape index (κ2) is 8.54. The summed E-state index contributed by atoms with van der Waals surface area (Å²) in [6.07, 6.45) is -8.92. The van der Waals surface area contributed by atoms with Gasteiger partial charge in [0.1, 0.15) is 5.56 Å². The fraction of sp³-hybridized carbons (Fsp3) is 0.105. The number of nitrogens with two attached hydrogens (primary N) is 1. The predicted molar refractivity (Wildman–Crippen MR) is 101 cm³/mol. The SMILES string of the molecule is N/C(=N\OC(=O)c1cnn(-c2ccc(Cl)cc2)c1C(F)(F)F)c1ccc(C(F)(F)F)cc1. The second-order valence-electron chi connectivity index (χ2n) is 6.22. The Morgan fingerprint density at radius 1 is 0.969 bits per heavy atom. The van der Waals surface area contributed by atoms with Crippen molar-refractivity contribution in [3.05, 3.63) is 82.1 Å². The van der Waals surface area contributed by atoms with Crippen LogP contribution in [0.4, 0.5) is 26.3 Å². The molecule has 0 aliphatic rings. The van der Waals surface area contributed by atoms with Gasteiger partial charge in [-0.05, 0) is 36.4 Å². The van der Waals surface area contributed by atoms with Crippen molar-refractivity contribution >= 4 is 23.4 Å². The molecule has 3 rings (SSSR count). The summed E-state index contributed by atoms with van der Waals surface area (Å²) >= 11 is 5.73.